The van der Waals surface area contributed by atoms with Crippen LogP contribution in [0.5, 0.6) is 0 Å². The minimum atomic E-state index is 0.137. The van der Waals surface area contributed by atoms with Crippen LogP contribution in [0.3, 0.4) is 0 Å². The third-order valence-corrected chi connectivity index (χ3v) is 3.44. The molecule has 0 amide bonds. The van der Waals surface area contributed by atoms with Crippen molar-refractivity contribution in [2.45, 2.75) is 38.1 Å². The number of aliphatic hydroxyl groups is 1. The molecule has 1 saturated carbocycles. The van der Waals surface area contributed by atoms with Crippen molar-refractivity contribution in [3.63, 3.8) is 0 Å². The summed E-state index contributed by atoms with van der Waals surface area (Å²) >= 11 is 5.82. The summed E-state index contributed by atoms with van der Waals surface area (Å²) in [5.74, 6) is 0.825. The van der Waals surface area contributed by atoms with Gasteiger partial charge in [0, 0.05) is 18.8 Å². The van der Waals surface area contributed by atoms with Crippen LogP contribution in [0.4, 0.5) is 5.82 Å². The van der Waals surface area contributed by atoms with Gasteiger partial charge in [-0.3, -0.25) is 0 Å². The SMILES string of the molecule is OCCN(c1ccnc(Cl)n1)C1CCCCC1. The predicted molar refractivity (Wildman–Crippen MR) is 68.3 cm³/mol. The summed E-state index contributed by atoms with van der Waals surface area (Å²) in [4.78, 5) is 10.3. The van der Waals surface area contributed by atoms with Crippen LogP contribution in [0.25, 0.3) is 0 Å². The lowest BCUT2D eigenvalue weighted by molar-refractivity contribution is 0.289. The van der Waals surface area contributed by atoms with E-state index in [2.05, 4.69) is 14.9 Å². The van der Waals surface area contributed by atoms with Gasteiger partial charge in [0.1, 0.15) is 5.82 Å². The smallest absolute Gasteiger partial charge is 0.224 e. The fourth-order valence-electron chi connectivity index (χ4n) is 2.47. The zero-order valence-electron chi connectivity index (χ0n) is 9.85. The average Bonchev–Trinajstić information content (AvgIpc) is 2.37. The molecule has 0 atom stereocenters. The fourth-order valence-corrected chi connectivity index (χ4v) is 2.61. The highest BCUT2D eigenvalue weighted by Crippen LogP contribution is 2.26. The third kappa shape index (κ3) is 3.30. The summed E-state index contributed by atoms with van der Waals surface area (Å²) in [5, 5.41) is 9.44. The van der Waals surface area contributed by atoms with Gasteiger partial charge >= 0.3 is 0 Å². The lowest BCUT2D eigenvalue weighted by Crippen LogP contribution is -2.39. The molecule has 1 aliphatic carbocycles. The fraction of sp³-hybridized carbons (Fsp3) is 0.667. The lowest BCUT2D eigenvalue weighted by Gasteiger charge is -2.34. The second-order valence-electron chi connectivity index (χ2n) is 4.39. The van der Waals surface area contributed by atoms with Crippen molar-refractivity contribution >= 4 is 17.4 Å². The van der Waals surface area contributed by atoms with E-state index in [4.69, 9.17) is 11.6 Å². The van der Waals surface area contributed by atoms with E-state index in [1.807, 2.05) is 6.07 Å². The van der Waals surface area contributed by atoms with Crippen LogP contribution in [-0.4, -0.2) is 34.3 Å². The maximum atomic E-state index is 9.18. The molecular formula is C12H18ClN3O. The molecule has 1 aliphatic rings. The number of hydrogen-bond acceptors (Lipinski definition) is 4. The van der Waals surface area contributed by atoms with E-state index in [1.54, 1.807) is 6.20 Å². The Morgan fingerprint density at radius 1 is 1.35 bits per heavy atom. The van der Waals surface area contributed by atoms with Gasteiger partial charge in [0.2, 0.25) is 5.28 Å². The van der Waals surface area contributed by atoms with Crippen molar-refractivity contribution in [1.82, 2.24) is 9.97 Å². The van der Waals surface area contributed by atoms with Crippen LogP contribution in [0, 0.1) is 0 Å². The number of hydrogen-bond donors (Lipinski definition) is 1. The van der Waals surface area contributed by atoms with Gasteiger partial charge in [-0.25, -0.2) is 9.97 Å². The van der Waals surface area contributed by atoms with Crippen molar-refractivity contribution in [3.05, 3.63) is 17.5 Å². The van der Waals surface area contributed by atoms with E-state index < -0.39 is 0 Å². The molecule has 2 rings (SSSR count). The first-order valence-electron chi connectivity index (χ1n) is 6.17. The Balaban J connectivity index is 2.15. The van der Waals surface area contributed by atoms with Crippen molar-refractivity contribution in [2.75, 3.05) is 18.1 Å². The summed E-state index contributed by atoms with van der Waals surface area (Å²) in [7, 11) is 0. The highest BCUT2D eigenvalue weighted by molar-refractivity contribution is 6.28. The second kappa shape index (κ2) is 6.17. The molecule has 0 bridgehead atoms. The summed E-state index contributed by atoms with van der Waals surface area (Å²) in [6.07, 6.45) is 7.83. The molecule has 17 heavy (non-hydrogen) atoms. The van der Waals surface area contributed by atoms with Gasteiger partial charge in [0.15, 0.2) is 0 Å². The van der Waals surface area contributed by atoms with Crippen LogP contribution in [-0.2, 0) is 0 Å². The maximum absolute atomic E-state index is 9.18. The van der Waals surface area contributed by atoms with Gasteiger partial charge < -0.3 is 10.0 Å². The molecule has 0 spiro atoms. The van der Waals surface area contributed by atoms with E-state index in [0.29, 0.717) is 12.6 Å². The van der Waals surface area contributed by atoms with Gasteiger partial charge in [0.25, 0.3) is 0 Å². The van der Waals surface area contributed by atoms with Gasteiger partial charge in [-0.15, -0.1) is 0 Å². The van der Waals surface area contributed by atoms with Crippen LogP contribution >= 0.6 is 11.6 Å². The average molecular weight is 256 g/mol. The van der Waals surface area contributed by atoms with Crippen LogP contribution < -0.4 is 4.90 Å². The van der Waals surface area contributed by atoms with Gasteiger partial charge in [-0.2, -0.15) is 0 Å². The minimum Gasteiger partial charge on any atom is -0.395 e. The third-order valence-electron chi connectivity index (χ3n) is 3.26. The van der Waals surface area contributed by atoms with E-state index in [9.17, 15) is 5.11 Å². The largest absolute Gasteiger partial charge is 0.395 e. The molecule has 0 saturated heterocycles. The molecule has 1 fully saturated rings. The Kier molecular flexibility index (Phi) is 4.57. The molecule has 1 N–H and O–H groups in total. The number of aromatic nitrogens is 2. The summed E-state index contributed by atoms with van der Waals surface area (Å²) < 4.78 is 0. The van der Waals surface area contributed by atoms with E-state index in [0.717, 1.165) is 5.82 Å². The number of nitrogens with zero attached hydrogens (tertiary/aromatic N) is 3. The zero-order valence-corrected chi connectivity index (χ0v) is 10.6. The minimum absolute atomic E-state index is 0.137. The molecule has 1 aromatic rings. The molecule has 0 aliphatic heterocycles. The van der Waals surface area contributed by atoms with Crippen molar-refractivity contribution in [3.8, 4) is 0 Å². The molecular weight excluding hydrogens is 238 g/mol. The van der Waals surface area contributed by atoms with Crippen molar-refractivity contribution in [1.29, 1.82) is 0 Å². The van der Waals surface area contributed by atoms with Gasteiger partial charge in [-0.1, -0.05) is 19.3 Å². The van der Waals surface area contributed by atoms with E-state index >= 15 is 0 Å². The topological polar surface area (TPSA) is 49.2 Å². The summed E-state index contributed by atoms with van der Waals surface area (Å²) in [5.41, 5.74) is 0. The van der Waals surface area contributed by atoms with E-state index in [1.165, 1.54) is 32.1 Å². The zero-order chi connectivity index (χ0) is 12.1. The summed E-state index contributed by atoms with van der Waals surface area (Å²) in [6.45, 7) is 0.746. The number of aliphatic hydroxyl groups excluding tert-OH is 1. The molecule has 1 aromatic heterocycles. The maximum Gasteiger partial charge on any atom is 0.224 e. The van der Waals surface area contributed by atoms with Crippen molar-refractivity contribution in [2.24, 2.45) is 0 Å². The van der Waals surface area contributed by atoms with Gasteiger partial charge in [-0.05, 0) is 30.5 Å². The standard InChI is InChI=1S/C12H18ClN3O/c13-12-14-7-6-11(15-12)16(8-9-17)10-4-2-1-3-5-10/h6-7,10,17H,1-5,8-9H2. The highest BCUT2D eigenvalue weighted by Gasteiger charge is 2.22. The highest BCUT2D eigenvalue weighted by atomic mass is 35.5. The van der Waals surface area contributed by atoms with Crippen LogP contribution in [0.15, 0.2) is 12.3 Å². The normalized spacial score (nSPS) is 17.1. The Hall–Kier alpha value is -0.870. The monoisotopic (exact) mass is 255 g/mol. The quantitative estimate of drug-likeness (QED) is 0.839. The Labute approximate surface area is 107 Å². The Bertz CT molecular complexity index is 355. The first-order chi connectivity index (χ1) is 8.31. The second-order valence-corrected chi connectivity index (χ2v) is 4.73. The Morgan fingerprint density at radius 3 is 2.76 bits per heavy atom. The number of rotatable bonds is 4. The molecule has 4 nitrogen and oxygen atoms in total. The molecule has 94 valence electrons. The predicted octanol–water partition coefficient (Wildman–Crippen LogP) is 2.26. The molecule has 1 heterocycles. The first kappa shape index (κ1) is 12.6. The molecule has 0 unspecified atom stereocenters. The molecule has 5 heteroatoms. The van der Waals surface area contributed by atoms with Crippen LogP contribution in [0.1, 0.15) is 32.1 Å². The van der Waals surface area contributed by atoms with Gasteiger partial charge in [0.05, 0.1) is 6.61 Å². The summed E-state index contributed by atoms with van der Waals surface area (Å²) in [6, 6.07) is 2.33. The lowest BCUT2D eigenvalue weighted by atomic mass is 9.94. The van der Waals surface area contributed by atoms with Crippen molar-refractivity contribution < 1.29 is 5.11 Å². The first-order valence-corrected chi connectivity index (χ1v) is 6.55. The van der Waals surface area contributed by atoms with E-state index in [-0.39, 0.29) is 11.9 Å². The van der Waals surface area contributed by atoms with Crippen LogP contribution in [0.2, 0.25) is 5.28 Å². The molecule has 0 radical (unpaired) electrons. The molecule has 0 aromatic carbocycles. The Morgan fingerprint density at radius 2 is 2.12 bits per heavy atom. The number of halogens is 1. The number of anilines is 1.